The zero-order valence-electron chi connectivity index (χ0n) is 14.8. The van der Waals surface area contributed by atoms with Gasteiger partial charge in [-0.3, -0.25) is 9.89 Å². The van der Waals surface area contributed by atoms with Crippen LogP contribution < -0.4 is 5.32 Å². The topological polar surface area (TPSA) is 62.7 Å². The molecule has 0 bridgehead atoms. The monoisotopic (exact) mass is 344 g/mol. The van der Waals surface area contributed by atoms with Gasteiger partial charge in [-0.25, -0.2) is 0 Å². The van der Waals surface area contributed by atoms with Gasteiger partial charge in [0.15, 0.2) is 10.6 Å². The number of aromatic nitrogens is 3. The number of H-pyrrole nitrogens is 1. The van der Waals surface area contributed by atoms with Gasteiger partial charge in [-0.15, -0.1) is 0 Å². The van der Waals surface area contributed by atoms with Gasteiger partial charge in [0.2, 0.25) is 5.91 Å². The van der Waals surface area contributed by atoms with Crippen molar-refractivity contribution in [3.8, 4) is 0 Å². The molecule has 0 atom stereocenters. The average Bonchev–Trinajstić information content (AvgIpc) is 2.88. The Morgan fingerprint density at radius 2 is 1.96 bits per heavy atom. The maximum atomic E-state index is 12.1. The molecule has 0 aliphatic rings. The summed E-state index contributed by atoms with van der Waals surface area (Å²) in [7, 11) is 0. The number of benzene rings is 1. The third kappa shape index (κ3) is 4.20. The number of rotatable bonds is 5. The van der Waals surface area contributed by atoms with Crippen molar-refractivity contribution in [3.63, 3.8) is 0 Å². The highest BCUT2D eigenvalue weighted by Crippen LogP contribution is 2.16. The van der Waals surface area contributed by atoms with Crippen LogP contribution >= 0.6 is 12.2 Å². The van der Waals surface area contributed by atoms with E-state index in [4.69, 9.17) is 12.2 Å². The molecule has 1 aromatic carbocycles. The molecule has 0 radical (unpaired) electrons. The molecular weight excluding hydrogens is 320 g/mol. The number of amides is 1. The van der Waals surface area contributed by atoms with Gasteiger partial charge in [0.1, 0.15) is 0 Å². The van der Waals surface area contributed by atoms with Crippen molar-refractivity contribution in [1.29, 1.82) is 0 Å². The predicted octanol–water partition coefficient (Wildman–Crippen LogP) is 3.78. The van der Waals surface area contributed by atoms with Gasteiger partial charge in [0, 0.05) is 12.1 Å². The molecule has 0 saturated heterocycles. The van der Waals surface area contributed by atoms with Gasteiger partial charge in [0.05, 0.1) is 6.54 Å². The second-order valence-corrected chi connectivity index (χ2v) is 6.64. The molecule has 0 aliphatic carbocycles. The number of nitrogens with zero attached hydrogens (tertiary/aromatic N) is 2. The fourth-order valence-corrected chi connectivity index (χ4v) is 2.91. The van der Waals surface area contributed by atoms with E-state index in [0.717, 1.165) is 17.0 Å². The Morgan fingerprint density at radius 3 is 2.62 bits per heavy atom. The smallest absolute Gasteiger partial charge is 0.244 e. The summed E-state index contributed by atoms with van der Waals surface area (Å²) in [6.45, 7) is 10.6. The molecule has 2 rings (SSSR count). The van der Waals surface area contributed by atoms with E-state index in [2.05, 4.69) is 41.5 Å². The van der Waals surface area contributed by atoms with Crippen LogP contribution in [0.1, 0.15) is 48.0 Å². The third-order valence-corrected chi connectivity index (χ3v) is 4.30. The van der Waals surface area contributed by atoms with Gasteiger partial charge < -0.3 is 9.88 Å². The highest BCUT2D eigenvalue weighted by Gasteiger charge is 2.09. The number of hydrogen-bond donors (Lipinski definition) is 2. The lowest BCUT2D eigenvalue weighted by molar-refractivity contribution is -0.116. The summed E-state index contributed by atoms with van der Waals surface area (Å²) in [4.78, 5) is 12.1. The van der Waals surface area contributed by atoms with E-state index in [9.17, 15) is 4.79 Å². The van der Waals surface area contributed by atoms with Crippen LogP contribution in [0.3, 0.4) is 0 Å². The van der Waals surface area contributed by atoms with Crippen LogP contribution in [0.5, 0.6) is 0 Å². The van der Waals surface area contributed by atoms with Gasteiger partial charge in [0.25, 0.3) is 0 Å². The molecule has 1 amide bonds. The summed E-state index contributed by atoms with van der Waals surface area (Å²) in [5, 5.41) is 9.78. The van der Waals surface area contributed by atoms with Crippen molar-refractivity contribution >= 4 is 24.2 Å². The Bertz CT molecular complexity index is 830. The summed E-state index contributed by atoms with van der Waals surface area (Å²) in [5.74, 6) is 0.566. The number of nitrogens with one attached hydrogen (secondary N) is 2. The Morgan fingerprint density at radius 1 is 1.29 bits per heavy atom. The SMILES string of the molecule is Cc1cc(C)c(C=CC(=O)NCc2n[nH]c(=S)n2C(C)C)cc1C. The maximum Gasteiger partial charge on any atom is 0.244 e. The van der Waals surface area contributed by atoms with Gasteiger partial charge in [-0.05, 0) is 75.2 Å². The molecule has 0 saturated carbocycles. The van der Waals surface area contributed by atoms with Gasteiger partial charge in [-0.2, -0.15) is 5.10 Å². The normalized spacial score (nSPS) is 11.4. The molecule has 0 spiro atoms. The van der Waals surface area contributed by atoms with E-state index in [1.165, 1.54) is 11.1 Å². The van der Waals surface area contributed by atoms with Gasteiger partial charge >= 0.3 is 0 Å². The first-order valence-corrected chi connectivity index (χ1v) is 8.40. The van der Waals surface area contributed by atoms with Crippen LogP contribution in [0.4, 0.5) is 0 Å². The van der Waals surface area contributed by atoms with Crippen molar-refractivity contribution in [3.05, 3.63) is 51.1 Å². The molecule has 1 aromatic heterocycles. The molecule has 0 unspecified atom stereocenters. The van der Waals surface area contributed by atoms with Crippen LogP contribution in [0.2, 0.25) is 0 Å². The highest BCUT2D eigenvalue weighted by atomic mass is 32.1. The molecule has 24 heavy (non-hydrogen) atoms. The largest absolute Gasteiger partial charge is 0.345 e. The summed E-state index contributed by atoms with van der Waals surface area (Å²) in [5.41, 5.74) is 4.68. The lowest BCUT2D eigenvalue weighted by atomic mass is 10.0. The van der Waals surface area contributed by atoms with Crippen molar-refractivity contribution in [2.24, 2.45) is 0 Å². The van der Waals surface area contributed by atoms with E-state index in [1.807, 2.05) is 31.4 Å². The van der Waals surface area contributed by atoms with Gasteiger partial charge in [-0.1, -0.05) is 12.1 Å². The second-order valence-electron chi connectivity index (χ2n) is 6.25. The van der Waals surface area contributed by atoms with Crippen LogP contribution in [-0.4, -0.2) is 20.7 Å². The maximum absolute atomic E-state index is 12.1. The van der Waals surface area contributed by atoms with E-state index in [1.54, 1.807) is 6.08 Å². The molecule has 0 aliphatic heterocycles. The molecule has 0 fully saturated rings. The third-order valence-electron chi connectivity index (χ3n) is 4.01. The number of aryl methyl sites for hydroxylation is 3. The Labute approximate surface area is 147 Å². The summed E-state index contributed by atoms with van der Waals surface area (Å²) in [6, 6.07) is 4.42. The van der Waals surface area contributed by atoms with Crippen LogP contribution in [0, 0.1) is 25.5 Å². The zero-order valence-corrected chi connectivity index (χ0v) is 15.6. The van der Waals surface area contributed by atoms with Crippen molar-refractivity contribution in [1.82, 2.24) is 20.1 Å². The lowest BCUT2D eigenvalue weighted by Crippen LogP contribution is -2.23. The first kappa shape index (κ1) is 18.1. The molecule has 5 nitrogen and oxygen atoms in total. The standard InChI is InChI=1S/C18H24N4OS/c1-11(2)22-16(20-21-18(22)24)10-19-17(23)7-6-15-9-13(4)12(3)8-14(15)5/h6-9,11H,10H2,1-5H3,(H,19,23)(H,21,24). The van der Waals surface area contributed by atoms with E-state index >= 15 is 0 Å². The van der Waals surface area contributed by atoms with E-state index in [-0.39, 0.29) is 11.9 Å². The summed E-state index contributed by atoms with van der Waals surface area (Å²) in [6.07, 6.45) is 3.40. The fourth-order valence-electron chi connectivity index (χ4n) is 2.55. The number of carbonyl (C=O) groups is 1. The Kier molecular flexibility index (Phi) is 5.72. The molecule has 2 N–H and O–H groups in total. The second kappa shape index (κ2) is 7.57. The van der Waals surface area contributed by atoms with E-state index < -0.39 is 0 Å². The van der Waals surface area contributed by atoms with E-state index in [0.29, 0.717) is 11.3 Å². The molecule has 6 heteroatoms. The zero-order chi connectivity index (χ0) is 17.9. The minimum Gasteiger partial charge on any atom is -0.345 e. The molecule has 2 aromatic rings. The summed E-state index contributed by atoms with van der Waals surface area (Å²) < 4.78 is 2.46. The first-order chi connectivity index (χ1) is 11.3. The Hall–Kier alpha value is -2.21. The van der Waals surface area contributed by atoms with Crippen molar-refractivity contribution in [2.75, 3.05) is 0 Å². The Balaban J connectivity index is 2.04. The minimum atomic E-state index is -0.156. The van der Waals surface area contributed by atoms with Crippen molar-refractivity contribution in [2.45, 2.75) is 47.2 Å². The number of aromatic amines is 1. The summed E-state index contributed by atoms with van der Waals surface area (Å²) >= 11 is 5.20. The number of carbonyl (C=O) groups excluding carboxylic acids is 1. The lowest BCUT2D eigenvalue weighted by Gasteiger charge is -2.10. The molecule has 128 valence electrons. The quantitative estimate of drug-likeness (QED) is 0.641. The minimum absolute atomic E-state index is 0.156. The average molecular weight is 344 g/mol. The molecular formula is C18H24N4OS. The highest BCUT2D eigenvalue weighted by molar-refractivity contribution is 7.71. The van der Waals surface area contributed by atoms with Crippen LogP contribution in [-0.2, 0) is 11.3 Å². The first-order valence-electron chi connectivity index (χ1n) is 7.99. The van der Waals surface area contributed by atoms with Crippen molar-refractivity contribution < 1.29 is 4.79 Å². The number of hydrogen-bond acceptors (Lipinski definition) is 3. The van der Waals surface area contributed by atoms with Crippen LogP contribution in [0.15, 0.2) is 18.2 Å². The predicted molar refractivity (Wildman–Crippen MR) is 99.3 cm³/mol. The molecule has 1 heterocycles. The van der Waals surface area contributed by atoms with Crippen LogP contribution in [0.25, 0.3) is 6.08 Å². The fraction of sp³-hybridized carbons (Fsp3) is 0.389.